The van der Waals surface area contributed by atoms with Gasteiger partial charge in [0.2, 0.25) is 0 Å². The summed E-state index contributed by atoms with van der Waals surface area (Å²) in [5.41, 5.74) is 8.79. The van der Waals surface area contributed by atoms with Gasteiger partial charge in [0, 0.05) is 11.3 Å². The lowest BCUT2D eigenvalue weighted by molar-refractivity contribution is 0.0939. The average molecular weight is 342 g/mol. The van der Waals surface area contributed by atoms with E-state index >= 15 is 0 Å². The van der Waals surface area contributed by atoms with E-state index in [9.17, 15) is 4.79 Å². The first kappa shape index (κ1) is 18.6. The number of hydrogen-bond acceptors (Lipinski definition) is 4. The molecule has 5 nitrogen and oxygen atoms in total. The maximum atomic E-state index is 12.6. The number of carbonyl (C=O) groups is 1. The number of benzene rings is 2. The number of hydrogen-bond donors (Lipinski definition) is 2. The van der Waals surface area contributed by atoms with Gasteiger partial charge >= 0.3 is 0 Å². The molecule has 5 heteroatoms. The summed E-state index contributed by atoms with van der Waals surface area (Å²) in [4.78, 5) is 12.6. The summed E-state index contributed by atoms with van der Waals surface area (Å²) in [5.74, 6) is 1.24. The second kappa shape index (κ2) is 8.42. The minimum absolute atomic E-state index is 0.149. The van der Waals surface area contributed by atoms with Gasteiger partial charge in [0.25, 0.3) is 5.91 Å². The fraction of sp³-hybridized carbons (Fsp3) is 0.350. The number of carbonyl (C=O) groups excluding carboxylic acids is 1. The number of rotatable bonds is 7. The molecule has 0 fully saturated rings. The first-order valence-electron chi connectivity index (χ1n) is 8.52. The fourth-order valence-corrected chi connectivity index (χ4v) is 2.58. The van der Waals surface area contributed by atoms with Crippen LogP contribution in [0.25, 0.3) is 0 Å². The zero-order valence-electron chi connectivity index (χ0n) is 15.3. The van der Waals surface area contributed by atoms with Crippen molar-refractivity contribution in [2.45, 2.75) is 33.7 Å². The highest BCUT2D eigenvalue weighted by atomic mass is 16.5. The molecule has 0 heterocycles. The molecule has 2 aromatic carbocycles. The lowest BCUT2D eigenvalue weighted by Gasteiger charge is -2.18. The summed E-state index contributed by atoms with van der Waals surface area (Å²) in [6, 6.07) is 10.9. The quantitative estimate of drug-likeness (QED) is 0.749. The van der Waals surface area contributed by atoms with E-state index in [1.54, 1.807) is 12.1 Å². The van der Waals surface area contributed by atoms with Crippen molar-refractivity contribution in [2.24, 2.45) is 0 Å². The molecule has 1 unspecified atom stereocenters. The molecule has 0 aliphatic carbocycles. The Bertz CT molecular complexity index is 744. The van der Waals surface area contributed by atoms with Gasteiger partial charge in [0.1, 0.15) is 0 Å². The second-order valence-electron chi connectivity index (χ2n) is 5.84. The highest BCUT2D eigenvalue weighted by Gasteiger charge is 2.16. The third kappa shape index (κ3) is 4.66. The molecule has 25 heavy (non-hydrogen) atoms. The molecule has 0 saturated carbocycles. The van der Waals surface area contributed by atoms with Gasteiger partial charge in [-0.15, -0.1) is 0 Å². The van der Waals surface area contributed by atoms with Crippen LogP contribution in [0.1, 0.15) is 48.3 Å². The van der Waals surface area contributed by atoms with Crippen LogP contribution < -0.4 is 20.5 Å². The Kier molecular flexibility index (Phi) is 6.28. The van der Waals surface area contributed by atoms with Gasteiger partial charge in [-0.25, -0.2) is 0 Å². The van der Waals surface area contributed by atoms with E-state index in [0.717, 1.165) is 11.1 Å². The predicted molar refractivity (Wildman–Crippen MR) is 100 cm³/mol. The van der Waals surface area contributed by atoms with Gasteiger partial charge in [-0.1, -0.05) is 12.1 Å². The molecule has 3 N–H and O–H groups in total. The molecule has 1 amide bonds. The smallest absolute Gasteiger partial charge is 0.252 e. The van der Waals surface area contributed by atoms with Crippen molar-refractivity contribution < 1.29 is 14.3 Å². The summed E-state index contributed by atoms with van der Waals surface area (Å²) < 4.78 is 11.2. The van der Waals surface area contributed by atoms with Crippen LogP contribution >= 0.6 is 0 Å². The highest BCUT2D eigenvalue weighted by Crippen LogP contribution is 2.31. The minimum atomic E-state index is -0.178. The molecule has 1 atom stereocenters. The van der Waals surface area contributed by atoms with Crippen molar-refractivity contribution in [1.29, 1.82) is 0 Å². The molecular formula is C20H26N2O3. The second-order valence-corrected chi connectivity index (χ2v) is 5.84. The first-order chi connectivity index (χ1) is 12.0. The fourth-order valence-electron chi connectivity index (χ4n) is 2.58. The summed E-state index contributed by atoms with van der Waals surface area (Å²) >= 11 is 0. The Hall–Kier alpha value is -2.69. The third-order valence-electron chi connectivity index (χ3n) is 3.92. The molecule has 2 aromatic rings. The normalized spacial score (nSPS) is 11.7. The molecule has 0 saturated heterocycles. The Morgan fingerprint density at radius 1 is 1.08 bits per heavy atom. The van der Waals surface area contributed by atoms with Crippen molar-refractivity contribution in [3.63, 3.8) is 0 Å². The molecule has 134 valence electrons. The molecule has 0 aromatic heterocycles. The molecule has 0 spiro atoms. The summed E-state index contributed by atoms with van der Waals surface area (Å²) in [6.45, 7) is 8.80. The van der Waals surface area contributed by atoms with Crippen LogP contribution in [-0.2, 0) is 0 Å². The number of amides is 1. The molecule has 2 rings (SSSR count). The maximum absolute atomic E-state index is 12.6. The third-order valence-corrected chi connectivity index (χ3v) is 3.92. The Labute approximate surface area is 149 Å². The van der Waals surface area contributed by atoms with Gasteiger partial charge in [0.05, 0.1) is 19.3 Å². The van der Waals surface area contributed by atoms with Crippen molar-refractivity contribution in [3.8, 4) is 11.5 Å². The van der Waals surface area contributed by atoms with Crippen LogP contribution in [0.4, 0.5) is 5.69 Å². The molecular weight excluding hydrogens is 316 g/mol. The predicted octanol–water partition coefficient (Wildman–Crippen LogP) is 3.87. The monoisotopic (exact) mass is 342 g/mol. The van der Waals surface area contributed by atoms with Gasteiger partial charge < -0.3 is 20.5 Å². The number of nitrogens with two attached hydrogens (primary N) is 1. The van der Waals surface area contributed by atoms with E-state index in [1.165, 1.54) is 0 Å². The zero-order chi connectivity index (χ0) is 18.4. The van der Waals surface area contributed by atoms with Crippen molar-refractivity contribution in [2.75, 3.05) is 18.9 Å². The van der Waals surface area contributed by atoms with Crippen LogP contribution in [0, 0.1) is 6.92 Å². The van der Waals surface area contributed by atoms with Crippen molar-refractivity contribution in [3.05, 3.63) is 53.1 Å². The van der Waals surface area contributed by atoms with E-state index in [-0.39, 0.29) is 11.9 Å². The number of nitrogen functional groups attached to an aromatic ring is 1. The number of aryl methyl sites for hydroxylation is 1. The van der Waals surface area contributed by atoms with Gasteiger partial charge in [-0.05, 0) is 63.1 Å². The molecule has 0 aliphatic heterocycles. The molecule has 0 bridgehead atoms. The van der Waals surface area contributed by atoms with Crippen LogP contribution in [-0.4, -0.2) is 19.1 Å². The van der Waals surface area contributed by atoms with Crippen LogP contribution in [0.2, 0.25) is 0 Å². The van der Waals surface area contributed by atoms with Crippen molar-refractivity contribution >= 4 is 11.6 Å². The Balaban J connectivity index is 2.19. The summed E-state index contributed by atoms with van der Waals surface area (Å²) in [5, 5.41) is 3.01. The molecule has 0 radical (unpaired) electrons. The van der Waals surface area contributed by atoms with Gasteiger partial charge in [0.15, 0.2) is 11.5 Å². The first-order valence-corrected chi connectivity index (χ1v) is 8.52. The Morgan fingerprint density at radius 2 is 1.76 bits per heavy atom. The summed E-state index contributed by atoms with van der Waals surface area (Å²) in [6.07, 6.45) is 0. The van der Waals surface area contributed by atoms with E-state index < -0.39 is 0 Å². The lowest BCUT2D eigenvalue weighted by atomic mass is 10.0. The highest BCUT2D eigenvalue weighted by molar-refractivity contribution is 5.96. The topological polar surface area (TPSA) is 73.6 Å². The Morgan fingerprint density at radius 3 is 2.44 bits per heavy atom. The summed E-state index contributed by atoms with van der Waals surface area (Å²) in [7, 11) is 0. The number of anilines is 1. The van der Waals surface area contributed by atoms with E-state index in [4.69, 9.17) is 15.2 Å². The number of nitrogens with one attached hydrogen (secondary N) is 1. The van der Waals surface area contributed by atoms with Crippen LogP contribution in [0.15, 0.2) is 36.4 Å². The zero-order valence-corrected chi connectivity index (χ0v) is 15.3. The van der Waals surface area contributed by atoms with E-state index in [1.807, 2.05) is 52.0 Å². The SMILES string of the molecule is CCOc1ccc(C(C)NC(=O)c2cc(N)ccc2C)cc1OCC. The van der Waals surface area contributed by atoms with E-state index in [2.05, 4.69) is 5.32 Å². The van der Waals surface area contributed by atoms with E-state index in [0.29, 0.717) is 36.0 Å². The van der Waals surface area contributed by atoms with Gasteiger partial charge in [-0.2, -0.15) is 0 Å². The van der Waals surface area contributed by atoms with Crippen LogP contribution in [0.3, 0.4) is 0 Å². The maximum Gasteiger partial charge on any atom is 0.252 e. The van der Waals surface area contributed by atoms with Crippen molar-refractivity contribution in [1.82, 2.24) is 5.32 Å². The minimum Gasteiger partial charge on any atom is -0.490 e. The average Bonchev–Trinajstić information content (AvgIpc) is 2.58. The lowest BCUT2D eigenvalue weighted by Crippen LogP contribution is -2.27. The molecule has 0 aliphatic rings. The van der Waals surface area contributed by atoms with Crippen LogP contribution in [0.5, 0.6) is 11.5 Å². The number of ether oxygens (including phenoxy) is 2. The largest absolute Gasteiger partial charge is 0.490 e. The van der Waals surface area contributed by atoms with Gasteiger partial charge in [-0.3, -0.25) is 4.79 Å². The standard InChI is InChI=1S/C20H26N2O3/c1-5-24-18-10-8-15(11-19(18)25-6-2)14(4)22-20(23)17-12-16(21)9-7-13(17)3/h7-12,14H,5-6,21H2,1-4H3,(H,22,23).